The minimum absolute atomic E-state index is 0.246. The number of hydrogen-bond acceptors (Lipinski definition) is 5. The number of anilines is 1. The molecule has 1 aromatic rings. The number of alkyl halides is 6. The van der Waals surface area contributed by atoms with Crippen LogP contribution in [0.1, 0.15) is 5.69 Å². The lowest BCUT2D eigenvalue weighted by molar-refractivity contribution is -0.384. The van der Waals surface area contributed by atoms with Crippen molar-refractivity contribution in [1.29, 1.82) is 0 Å². The first-order valence-electron chi connectivity index (χ1n) is 6.58. The molecule has 1 aromatic heterocycles. The maximum atomic E-state index is 13.0. The van der Waals surface area contributed by atoms with Crippen LogP contribution in [0, 0.1) is 22.0 Å². The van der Waals surface area contributed by atoms with E-state index in [1.807, 2.05) is 0 Å². The quantitative estimate of drug-likeness (QED) is 0.497. The van der Waals surface area contributed by atoms with Gasteiger partial charge in [-0.3, -0.25) is 14.9 Å². The molecule has 1 N–H and O–H groups in total. The Morgan fingerprint density at radius 2 is 1.88 bits per heavy atom. The van der Waals surface area contributed by atoms with E-state index in [0.29, 0.717) is 4.90 Å². The summed E-state index contributed by atoms with van der Waals surface area (Å²) in [6, 6.07) is 0.246. The summed E-state index contributed by atoms with van der Waals surface area (Å²) < 4.78 is 77.1. The summed E-state index contributed by atoms with van der Waals surface area (Å²) in [7, 11) is 0. The average molecular weight is 373 g/mol. The Morgan fingerprint density at radius 3 is 2.28 bits per heavy atom. The Balaban J connectivity index is 2.50. The lowest BCUT2D eigenvalue weighted by atomic mass is 9.96. The minimum atomic E-state index is -4.97. The normalized spacial score (nSPS) is 21.4. The van der Waals surface area contributed by atoms with E-state index < -0.39 is 65.2 Å². The summed E-state index contributed by atoms with van der Waals surface area (Å²) in [5, 5.41) is 19.9. The van der Waals surface area contributed by atoms with Gasteiger partial charge >= 0.3 is 24.0 Å². The standard InChI is InChI=1S/C12H9F6N3O4/c13-11(14,15)6-4-20(3-5(6)10(22)23)7-1-9(12(16,17)18)19-2-8(7)21(24)25/h1-2,5-6H,3-4H2,(H,22,23)/t5-,6-/m1/s1. The summed E-state index contributed by atoms with van der Waals surface area (Å²) in [5.41, 5.74) is -3.24. The molecule has 2 rings (SSSR count). The molecular weight excluding hydrogens is 364 g/mol. The highest BCUT2D eigenvalue weighted by atomic mass is 19.4. The van der Waals surface area contributed by atoms with Crippen molar-refractivity contribution in [2.45, 2.75) is 12.4 Å². The second-order valence-electron chi connectivity index (χ2n) is 5.31. The van der Waals surface area contributed by atoms with E-state index in [9.17, 15) is 41.3 Å². The fourth-order valence-corrected chi connectivity index (χ4v) is 2.57. The third-order valence-electron chi connectivity index (χ3n) is 3.75. The zero-order valence-electron chi connectivity index (χ0n) is 12.0. The molecule has 7 nitrogen and oxygen atoms in total. The zero-order chi connectivity index (χ0) is 19.2. The molecule has 1 saturated heterocycles. The van der Waals surface area contributed by atoms with Crippen LogP contribution in [-0.2, 0) is 11.0 Å². The molecule has 138 valence electrons. The average Bonchev–Trinajstić information content (AvgIpc) is 2.91. The number of carboxylic acids is 1. The molecule has 0 bridgehead atoms. The van der Waals surface area contributed by atoms with E-state index in [1.54, 1.807) is 0 Å². The molecule has 25 heavy (non-hydrogen) atoms. The van der Waals surface area contributed by atoms with Crippen LogP contribution >= 0.6 is 0 Å². The van der Waals surface area contributed by atoms with Crippen molar-refractivity contribution in [3.63, 3.8) is 0 Å². The van der Waals surface area contributed by atoms with Crippen molar-refractivity contribution in [2.75, 3.05) is 18.0 Å². The number of carbonyl (C=O) groups is 1. The number of aromatic nitrogens is 1. The number of hydrogen-bond donors (Lipinski definition) is 1. The van der Waals surface area contributed by atoms with Crippen molar-refractivity contribution >= 4 is 17.3 Å². The molecular formula is C12H9F6N3O4. The smallest absolute Gasteiger partial charge is 0.433 e. The molecule has 0 spiro atoms. The topological polar surface area (TPSA) is 96.6 Å². The second-order valence-corrected chi connectivity index (χ2v) is 5.31. The van der Waals surface area contributed by atoms with Gasteiger partial charge in [-0.05, 0) is 6.07 Å². The number of rotatable bonds is 3. The fourth-order valence-electron chi connectivity index (χ4n) is 2.57. The van der Waals surface area contributed by atoms with E-state index in [0.717, 1.165) is 0 Å². The van der Waals surface area contributed by atoms with Gasteiger partial charge in [0.05, 0.1) is 16.8 Å². The Hall–Kier alpha value is -2.60. The van der Waals surface area contributed by atoms with Crippen molar-refractivity contribution in [2.24, 2.45) is 11.8 Å². The van der Waals surface area contributed by atoms with Crippen LogP contribution in [0.5, 0.6) is 0 Å². The largest absolute Gasteiger partial charge is 0.481 e. The summed E-state index contributed by atoms with van der Waals surface area (Å²) in [6.07, 6.45) is -9.61. The van der Waals surface area contributed by atoms with Gasteiger partial charge in [0.1, 0.15) is 17.6 Å². The Morgan fingerprint density at radius 1 is 1.28 bits per heavy atom. The molecule has 2 atom stereocenters. The van der Waals surface area contributed by atoms with Crippen molar-refractivity contribution < 1.29 is 41.2 Å². The van der Waals surface area contributed by atoms with Crippen molar-refractivity contribution in [1.82, 2.24) is 4.98 Å². The van der Waals surface area contributed by atoms with E-state index in [2.05, 4.69) is 4.98 Å². The van der Waals surface area contributed by atoms with Gasteiger partial charge in [0, 0.05) is 13.1 Å². The lowest BCUT2D eigenvalue weighted by Crippen LogP contribution is -2.33. The molecule has 1 aliphatic heterocycles. The molecule has 0 saturated carbocycles. The number of halogens is 6. The van der Waals surface area contributed by atoms with E-state index in [4.69, 9.17) is 5.11 Å². The molecule has 0 aliphatic carbocycles. The SMILES string of the molecule is O=C(O)[C@@H]1CN(c2cc(C(F)(F)F)ncc2[N+](=O)[O-])C[C@H]1C(F)(F)F. The molecule has 1 aliphatic rings. The molecule has 0 radical (unpaired) electrons. The highest BCUT2D eigenvalue weighted by Crippen LogP contribution is 2.42. The van der Waals surface area contributed by atoms with Gasteiger partial charge in [-0.15, -0.1) is 0 Å². The van der Waals surface area contributed by atoms with Gasteiger partial charge in [0.2, 0.25) is 0 Å². The predicted molar refractivity (Wildman–Crippen MR) is 68.8 cm³/mol. The number of nitrogens with zero attached hydrogens (tertiary/aromatic N) is 3. The predicted octanol–water partition coefficient (Wildman–Crippen LogP) is 2.71. The van der Waals surface area contributed by atoms with E-state index >= 15 is 0 Å². The fraction of sp³-hybridized carbons (Fsp3) is 0.500. The number of carboxylic acid groups (broad SMARTS) is 1. The van der Waals surface area contributed by atoms with Crippen molar-refractivity contribution in [3.8, 4) is 0 Å². The van der Waals surface area contributed by atoms with Crippen LogP contribution in [0.2, 0.25) is 0 Å². The molecule has 2 heterocycles. The highest BCUT2D eigenvalue weighted by molar-refractivity contribution is 5.74. The first-order valence-corrected chi connectivity index (χ1v) is 6.58. The van der Waals surface area contributed by atoms with Crippen LogP contribution < -0.4 is 4.90 Å². The highest BCUT2D eigenvalue weighted by Gasteiger charge is 2.53. The summed E-state index contributed by atoms with van der Waals surface area (Å²) in [6.45, 7) is -1.83. The van der Waals surface area contributed by atoms with Crippen molar-refractivity contribution in [3.05, 3.63) is 28.1 Å². The maximum absolute atomic E-state index is 13.0. The van der Waals surface area contributed by atoms with Crippen LogP contribution in [0.3, 0.4) is 0 Å². The molecule has 0 amide bonds. The molecule has 1 fully saturated rings. The molecule has 13 heteroatoms. The first-order chi connectivity index (χ1) is 11.3. The number of nitro groups is 1. The van der Waals surface area contributed by atoms with Crippen LogP contribution in [-0.4, -0.2) is 40.2 Å². The number of pyridine rings is 1. The molecule has 0 aromatic carbocycles. The van der Waals surface area contributed by atoms with Gasteiger partial charge in [-0.1, -0.05) is 0 Å². The monoisotopic (exact) mass is 373 g/mol. The maximum Gasteiger partial charge on any atom is 0.433 e. The van der Waals surface area contributed by atoms with Gasteiger partial charge in [0.25, 0.3) is 0 Å². The third-order valence-corrected chi connectivity index (χ3v) is 3.75. The third kappa shape index (κ3) is 3.74. The summed E-state index contributed by atoms with van der Waals surface area (Å²) in [5.74, 6) is -6.12. The van der Waals surface area contributed by atoms with Gasteiger partial charge < -0.3 is 10.0 Å². The second kappa shape index (κ2) is 6.04. The van der Waals surface area contributed by atoms with Crippen LogP contribution in [0.25, 0.3) is 0 Å². The Labute approximate surface area is 135 Å². The van der Waals surface area contributed by atoms with Gasteiger partial charge in [-0.2, -0.15) is 26.3 Å². The Kier molecular flexibility index (Phi) is 4.53. The first kappa shape index (κ1) is 18.7. The summed E-state index contributed by atoms with van der Waals surface area (Å²) >= 11 is 0. The van der Waals surface area contributed by atoms with Crippen LogP contribution in [0.4, 0.5) is 37.7 Å². The van der Waals surface area contributed by atoms with Gasteiger partial charge in [-0.25, -0.2) is 4.98 Å². The van der Waals surface area contributed by atoms with Crippen LogP contribution in [0.15, 0.2) is 12.3 Å². The molecule has 0 unspecified atom stereocenters. The van der Waals surface area contributed by atoms with E-state index in [-0.39, 0.29) is 12.3 Å². The van der Waals surface area contributed by atoms with E-state index in [1.165, 1.54) is 0 Å². The number of aliphatic carboxylic acids is 1. The van der Waals surface area contributed by atoms with Gasteiger partial charge in [0.15, 0.2) is 0 Å². The summed E-state index contributed by atoms with van der Waals surface area (Å²) in [4.78, 5) is 24.4. The minimum Gasteiger partial charge on any atom is -0.481 e. The lowest BCUT2D eigenvalue weighted by Gasteiger charge is -2.20. The zero-order valence-corrected chi connectivity index (χ0v) is 12.0. The Bertz CT molecular complexity index is 705.